The zero-order valence-electron chi connectivity index (χ0n) is 17.6. The van der Waals surface area contributed by atoms with Crippen molar-refractivity contribution in [1.29, 1.82) is 0 Å². The monoisotopic (exact) mass is 465 g/mol. The fourth-order valence-corrected chi connectivity index (χ4v) is 3.74. The third kappa shape index (κ3) is 4.83. The van der Waals surface area contributed by atoms with Crippen molar-refractivity contribution < 1.29 is 23.0 Å². The van der Waals surface area contributed by atoms with Gasteiger partial charge in [-0.1, -0.05) is 18.2 Å². The van der Waals surface area contributed by atoms with Crippen LogP contribution in [0.5, 0.6) is 23.1 Å². The maximum atomic E-state index is 13.0. The van der Waals surface area contributed by atoms with E-state index in [0.717, 1.165) is 5.56 Å². The van der Waals surface area contributed by atoms with Crippen molar-refractivity contribution in [2.24, 2.45) is 0 Å². The number of anilines is 1. The number of phenolic OH excluding ortho intramolecular Hbond substituents is 1. The van der Waals surface area contributed by atoms with Crippen LogP contribution < -0.4 is 14.2 Å². The van der Waals surface area contributed by atoms with Gasteiger partial charge in [-0.3, -0.25) is 9.71 Å². The van der Waals surface area contributed by atoms with Crippen molar-refractivity contribution in [3.05, 3.63) is 72.7 Å². The highest BCUT2D eigenvalue weighted by Gasteiger charge is 2.25. The van der Waals surface area contributed by atoms with Crippen LogP contribution >= 0.6 is 0 Å². The minimum Gasteiger partial charge on any atom is -0.504 e. The smallest absolute Gasteiger partial charge is 0.280 e. The van der Waals surface area contributed by atoms with Crippen LogP contribution in [0.25, 0.3) is 11.4 Å². The van der Waals surface area contributed by atoms with Gasteiger partial charge in [0.1, 0.15) is 0 Å². The zero-order chi connectivity index (χ0) is 23.4. The second kappa shape index (κ2) is 9.09. The molecular formula is C22H19N5O5S. The molecule has 0 fully saturated rings. The van der Waals surface area contributed by atoms with Crippen LogP contribution in [0.15, 0.2) is 72.1 Å². The Morgan fingerprint density at radius 3 is 2.42 bits per heavy atom. The molecule has 0 bridgehead atoms. The number of nitrogens with one attached hydrogen (secondary N) is 1. The van der Waals surface area contributed by atoms with Gasteiger partial charge in [-0.15, -0.1) is 0 Å². The molecule has 168 valence electrons. The molecule has 0 atom stereocenters. The number of pyridine rings is 2. The maximum Gasteiger partial charge on any atom is 0.280 e. The largest absolute Gasteiger partial charge is 0.504 e. The molecule has 10 nitrogen and oxygen atoms in total. The molecule has 0 spiro atoms. The Kier molecular flexibility index (Phi) is 6.05. The summed E-state index contributed by atoms with van der Waals surface area (Å²) in [7, 11) is -2.78. The summed E-state index contributed by atoms with van der Waals surface area (Å²) in [6.45, 7) is 1.80. The van der Waals surface area contributed by atoms with Crippen LogP contribution in [-0.2, 0) is 10.0 Å². The van der Waals surface area contributed by atoms with E-state index in [1.54, 1.807) is 49.6 Å². The quantitative estimate of drug-likeness (QED) is 0.420. The third-order valence-corrected chi connectivity index (χ3v) is 5.69. The minimum atomic E-state index is -4.14. The number of aromatic hydroxyl groups is 1. The summed E-state index contributed by atoms with van der Waals surface area (Å²) in [5.41, 5.74) is 1.38. The normalized spacial score (nSPS) is 11.1. The van der Waals surface area contributed by atoms with Gasteiger partial charge >= 0.3 is 0 Å². The van der Waals surface area contributed by atoms with E-state index in [4.69, 9.17) is 9.47 Å². The molecule has 1 aromatic carbocycles. The Morgan fingerprint density at radius 2 is 1.76 bits per heavy atom. The first-order chi connectivity index (χ1) is 15.9. The number of methoxy groups -OCH3 is 1. The molecule has 4 rings (SSSR count). The van der Waals surface area contributed by atoms with Crippen LogP contribution in [0.4, 0.5) is 5.82 Å². The first kappa shape index (κ1) is 22.0. The van der Waals surface area contributed by atoms with Crippen LogP contribution in [0, 0.1) is 6.92 Å². The predicted molar refractivity (Wildman–Crippen MR) is 120 cm³/mol. The van der Waals surface area contributed by atoms with Crippen LogP contribution in [0.3, 0.4) is 0 Å². The van der Waals surface area contributed by atoms with Gasteiger partial charge in [-0.25, -0.2) is 9.97 Å². The Hall–Kier alpha value is -4.25. The first-order valence-corrected chi connectivity index (χ1v) is 11.1. The van der Waals surface area contributed by atoms with Crippen LogP contribution in [0.1, 0.15) is 5.56 Å². The lowest BCUT2D eigenvalue weighted by atomic mass is 10.2. The lowest BCUT2D eigenvalue weighted by molar-refractivity contribution is 0.354. The molecule has 4 aromatic rings. The van der Waals surface area contributed by atoms with E-state index in [1.165, 1.54) is 31.5 Å². The number of sulfonamides is 1. The predicted octanol–water partition coefficient (Wildman–Crippen LogP) is 3.55. The number of hydrogen-bond acceptors (Lipinski definition) is 9. The summed E-state index contributed by atoms with van der Waals surface area (Å²) in [5.74, 6) is -0.299. The molecule has 0 unspecified atom stereocenters. The van der Waals surface area contributed by atoms with Gasteiger partial charge in [0.25, 0.3) is 15.9 Å². The standard InChI is InChI=1S/C22H19N5O5S/c1-14-7-8-18(24-13-14)33(29,30)27-21-19(32-17-6-4-3-5-16(17)28)22(31-2)26-20(25-21)15-9-11-23-12-10-15/h3-13,28H,1-2H3,(H,25,26,27). The zero-order valence-corrected chi connectivity index (χ0v) is 18.4. The van der Waals surface area contributed by atoms with E-state index >= 15 is 0 Å². The minimum absolute atomic E-state index is 0.0466. The molecule has 0 aliphatic carbocycles. The van der Waals surface area contributed by atoms with E-state index in [1.807, 2.05) is 0 Å². The molecular weight excluding hydrogens is 446 g/mol. The van der Waals surface area contributed by atoms with Crippen molar-refractivity contribution in [3.63, 3.8) is 0 Å². The molecule has 0 saturated carbocycles. The fraction of sp³-hybridized carbons (Fsp3) is 0.0909. The molecule has 2 N–H and O–H groups in total. The number of aryl methyl sites for hydroxylation is 1. The number of nitrogens with zero attached hydrogens (tertiary/aromatic N) is 4. The van der Waals surface area contributed by atoms with Crippen LogP contribution in [-0.4, -0.2) is 40.6 Å². The third-order valence-electron chi connectivity index (χ3n) is 4.43. The second-order valence-electron chi connectivity index (χ2n) is 6.82. The molecule has 3 heterocycles. The van der Waals surface area contributed by atoms with E-state index < -0.39 is 10.0 Å². The van der Waals surface area contributed by atoms with Gasteiger partial charge in [0.2, 0.25) is 5.75 Å². The highest BCUT2D eigenvalue weighted by atomic mass is 32.2. The van der Waals surface area contributed by atoms with Gasteiger partial charge in [-0.2, -0.15) is 13.4 Å². The SMILES string of the molecule is COc1nc(-c2ccncc2)nc(NS(=O)(=O)c2ccc(C)cn2)c1Oc1ccccc1O. The number of phenols is 1. The molecule has 0 radical (unpaired) electrons. The number of rotatable bonds is 7. The Morgan fingerprint density at radius 1 is 1.00 bits per heavy atom. The highest BCUT2D eigenvalue weighted by Crippen LogP contribution is 2.41. The molecule has 0 aliphatic heterocycles. The number of aromatic nitrogens is 4. The topological polar surface area (TPSA) is 136 Å². The molecule has 3 aromatic heterocycles. The summed E-state index contributed by atoms with van der Waals surface area (Å²) in [5, 5.41) is 9.93. The Balaban J connectivity index is 1.85. The average Bonchev–Trinajstić information content (AvgIpc) is 2.82. The number of para-hydroxylation sites is 2. The summed E-state index contributed by atoms with van der Waals surface area (Å²) in [6.07, 6.45) is 4.55. The van der Waals surface area contributed by atoms with Crippen LogP contribution in [0.2, 0.25) is 0 Å². The van der Waals surface area contributed by atoms with Crippen molar-refractivity contribution in [3.8, 4) is 34.5 Å². The lowest BCUT2D eigenvalue weighted by Crippen LogP contribution is -2.17. The van der Waals surface area contributed by atoms with Gasteiger partial charge in [0, 0.05) is 24.2 Å². The maximum absolute atomic E-state index is 13.0. The average molecular weight is 465 g/mol. The summed E-state index contributed by atoms with van der Waals surface area (Å²) >= 11 is 0. The van der Waals surface area contributed by atoms with Crippen molar-refractivity contribution in [1.82, 2.24) is 19.9 Å². The van der Waals surface area contributed by atoms with Crippen molar-refractivity contribution >= 4 is 15.8 Å². The number of hydrogen-bond donors (Lipinski definition) is 2. The Labute approximate surface area is 190 Å². The summed E-state index contributed by atoms with van der Waals surface area (Å²) in [6, 6.07) is 12.5. The van der Waals surface area contributed by atoms with E-state index in [-0.39, 0.29) is 39.8 Å². The fourth-order valence-electron chi connectivity index (χ4n) is 2.81. The lowest BCUT2D eigenvalue weighted by Gasteiger charge is -2.16. The van der Waals surface area contributed by atoms with Gasteiger partial charge < -0.3 is 14.6 Å². The van der Waals surface area contributed by atoms with E-state index in [9.17, 15) is 13.5 Å². The summed E-state index contributed by atoms with van der Waals surface area (Å²) in [4.78, 5) is 16.7. The van der Waals surface area contributed by atoms with Gasteiger partial charge in [-0.05, 0) is 42.8 Å². The molecule has 0 amide bonds. The van der Waals surface area contributed by atoms with E-state index in [2.05, 4.69) is 24.7 Å². The first-order valence-electron chi connectivity index (χ1n) is 9.65. The molecule has 0 aliphatic rings. The van der Waals surface area contributed by atoms with Gasteiger partial charge in [0.05, 0.1) is 7.11 Å². The molecule has 0 saturated heterocycles. The second-order valence-corrected chi connectivity index (χ2v) is 8.45. The summed E-state index contributed by atoms with van der Waals surface area (Å²) < 4.78 is 39.7. The Bertz CT molecular complexity index is 1380. The van der Waals surface area contributed by atoms with Gasteiger partial charge in [0.15, 0.2) is 28.2 Å². The van der Waals surface area contributed by atoms with Crippen molar-refractivity contribution in [2.45, 2.75) is 11.9 Å². The van der Waals surface area contributed by atoms with Crippen molar-refractivity contribution in [2.75, 3.05) is 11.8 Å². The molecule has 11 heteroatoms. The molecule has 33 heavy (non-hydrogen) atoms. The highest BCUT2D eigenvalue weighted by molar-refractivity contribution is 7.92. The number of ether oxygens (including phenoxy) is 2. The number of benzene rings is 1. The van der Waals surface area contributed by atoms with E-state index in [0.29, 0.717) is 5.56 Å².